The Morgan fingerprint density at radius 3 is 2.62 bits per heavy atom. The molecule has 0 aliphatic carbocycles. The molecule has 2 rings (SSSR count). The number of ether oxygens (including phenoxy) is 1. The zero-order chi connectivity index (χ0) is 15.5. The van der Waals surface area contributed by atoms with Gasteiger partial charge in [-0.15, -0.1) is 0 Å². The summed E-state index contributed by atoms with van der Waals surface area (Å²) in [6.45, 7) is 1.17. The van der Waals surface area contributed by atoms with Gasteiger partial charge in [-0.3, -0.25) is 0 Å². The average molecular weight is 312 g/mol. The molecule has 1 N–H and O–H groups in total. The molecule has 1 fully saturated rings. The van der Waals surface area contributed by atoms with Crippen LogP contribution in [0.15, 0.2) is 29.2 Å². The van der Waals surface area contributed by atoms with E-state index in [1.54, 1.807) is 0 Å². The summed E-state index contributed by atoms with van der Waals surface area (Å²) in [5, 5.41) is 3.03. The van der Waals surface area contributed by atoms with Gasteiger partial charge < -0.3 is 10.1 Å². The van der Waals surface area contributed by atoms with E-state index in [-0.39, 0.29) is 10.9 Å². The summed E-state index contributed by atoms with van der Waals surface area (Å²) in [5.74, 6) is -0.479. The molecular weight excluding hydrogens is 292 g/mol. The van der Waals surface area contributed by atoms with Crippen molar-refractivity contribution in [2.75, 3.05) is 27.2 Å². The second kappa shape index (κ2) is 6.55. The molecule has 1 heterocycles. The minimum Gasteiger partial charge on any atom is -0.465 e. The van der Waals surface area contributed by atoms with Crippen molar-refractivity contribution in [3.05, 3.63) is 29.8 Å². The van der Waals surface area contributed by atoms with E-state index in [0.29, 0.717) is 18.7 Å². The first-order valence-corrected chi connectivity index (χ1v) is 8.29. The van der Waals surface area contributed by atoms with Crippen LogP contribution in [0.3, 0.4) is 0 Å². The normalized spacial score (nSPS) is 19.6. The van der Waals surface area contributed by atoms with Gasteiger partial charge in [-0.25, -0.2) is 13.2 Å². The highest BCUT2D eigenvalue weighted by atomic mass is 32.2. The fourth-order valence-electron chi connectivity index (χ4n) is 2.58. The molecule has 0 bridgehead atoms. The Morgan fingerprint density at radius 1 is 1.38 bits per heavy atom. The van der Waals surface area contributed by atoms with E-state index < -0.39 is 16.0 Å². The number of methoxy groups -OCH3 is 1. The molecule has 1 atom stereocenters. The lowest BCUT2D eigenvalue weighted by Crippen LogP contribution is -2.40. The van der Waals surface area contributed by atoms with E-state index >= 15 is 0 Å². The highest BCUT2D eigenvalue weighted by Gasteiger charge is 2.34. The molecule has 0 saturated carbocycles. The summed E-state index contributed by atoms with van der Waals surface area (Å²) in [6, 6.07) is 5.84. The molecule has 1 saturated heterocycles. The van der Waals surface area contributed by atoms with Crippen LogP contribution < -0.4 is 5.32 Å². The number of rotatable bonds is 5. The van der Waals surface area contributed by atoms with Crippen molar-refractivity contribution in [1.29, 1.82) is 0 Å². The first kappa shape index (κ1) is 15.9. The molecule has 0 radical (unpaired) electrons. The third-order valence-electron chi connectivity index (χ3n) is 3.64. The zero-order valence-corrected chi connectivity index (χ0v) is 13.0. The first-order chi connectivity index (χ1) is 10.0. The standard InChI is InChI=1S/C14H20N2O4S/c1-15-10-12-4-3-9-16(12)21(18,19)13-7-5-11(6-8-13)14(17)20-2/h5-8,12,15H,3-4,9-10H2,1-2H3. The lowest BCUT2D eigenvalue weighted by molar-refractivity contribution is 0.0600. The van der Waals surface area contributed by atoms with Gasteiger partial charge >= 0.3 is 5.97 Å². The van der Waals surface area contributed by atoms with Crippen LogP contribution in [0.25, 0.3) is 0 Å². The number of hydrogen-bond donors (Lipinski definition) is 1. The molecular formula is C14H20N2O4S. The van der Waals surface area contributed by atoms with Crippen molar-refractivity contribution < 1.29 is 17.9 Å². The molecule has 0 spiro atoms. The lowest BCUT2D eigenvalue weighted by atomic mass is 10.2. The number of carbonyl (C=O) groups excluding carboxylic acids is 1. The third-order valence-corrected chi connectivity index (χ3v) is 5.61. The number of nitrogens with zero attached hydrogens (tertiary/aromatic N) is 1. The smallest absolute Gasteiger partial charge is 0.337 e. The fourth-order valence-corrected chi connectivity index (χ4v) is 4.27. The Balaban J connectivity index is 2.25. The molecule has 1 aliphatic rings. The van der Waals surface area contributed by atoms with Gasteiger partial charge in [-0.2, -0.15) is 4.31 Å². The number of hydrogen-bond acceptors (Lipinski definition) is 5. The van der Waals surface area contributed by atoms with Crippen LogP contribution in [0.5, 0.6) is 0 Å². The quantitative estimate of drug-likeness (QED) is 0.816. The predicted octanol–water partition coefficient (Wildman–Crippen LogP) is 0.846. The maximum atomic E-state index is 12.7. The van der Waals surface area contributed by atoms with Crippen molar-refractivity contribution in [2.24, 2.45) is 0 Å². The van der Waals surface area contributed by atoms with Gasteiger partial charge in [-0.1, -0.05) is 0 Å². The average Bonchev–Trinajstić information content (AvgIpc) is 2.96. The number of nitrogens with one attached hydrogen (secondary N) is 1. The highest BCUT2D eigenvalue weighted by molar-refractivity contribution is 7.89. The largest absolute Gasteiger partial charge is 0.465 e. The topological polar surface area (TPSA) is 75.7 Å². The number of carbonyl (C=O) groups is 1. The van der Waals surface area contributed by atoms with Crippen LogP contribution in [0, 0.1) is 0 Å². The van der Waals surface area contributed by atoms with E-state index in [4.69, 9.17) is 0 Å². The molecule has 116 valence electrons. The molecule has 1 aliphatic heterocycles. The number of esters is 1. The van der Waals surface area contributed by atoms with Gasteiger partial charge in [0.1, 0.15) is 0 Å². The summed E-state index contributed by atoms with van der Waals surface area (Å²) >= 11 is 0. The second-order valence-corrected chi connectivity index (χ2v) is 6.88. The van der Waals surface area contributed by atoms with Gasteiger partial charge in [0.05, 0.1) is 17.6 Å². The molecule has 1 unspecified atom stereocenters. The van der Waals surface area contributed by atoms with Crippen molar-refractivity contribution in [1.82, 2.24) is 9.62 Å². The summed E-state index contributed by atoms with van der Waals surface area (Å²) in [6.07, 6.45) is 1.73. The van der Waals surface area contributed by atoms with Crippen LogP contribution in [0.4, 0.5) is 0 Å². The van der Waals surface area contributed by atoms with Crippen LogP contribution in [0.1, 0.15) is 23.2 Å². The highest BCUT2D eigenvalue weighted by Crippen LogP contribution is 2.26. The fraction of sp³-hybridized carbons (Fsp3) is 0.500. The van der Waals surface area contributed by atoms with E-state index in [2.05, 4.69) is 10.1 Å². The monoisotopic (exact) mass is 312 g/mol. The van der Waals surface area contributed by atoms with Crippen LogP contribution in [0.2, 0.25) is 0 Å². The molecule has 21 heavy (non-hydrogen) atoms. The molecule has 0 amide bonds. The number of benzene rings is 1. The Morgan fingerprint density at radius 2 is 2.05 bits per heavy atom. The maximum absolute atomic E-state index is 12.7. The van der Waals surface area contributed by atoms with E-state index in [9.17, 15) is 13.2 Å². The summed E-state index contributed by atoms with van der Waals surface area (Å²) < 4.78 is 31.4. The van der Waals surface area contributed by atoms with Gasteiger partial charge in [0.25, 0.3) is 0 Å². The van der Waals surface area contributed by atoms with Crippen molar-refractivity contribution in [3.8, 4) is 0 Å². The van der Waals surface area contributed by atoms with Gasteiger partial charge in [-0.05, 0) is 44.2 Å². The number of likely N-dealkylation sites (N-methyl/N-ethyl adjacent to an activating group) is 1. The van der Waals surface area contributed by atoms with Gasteiger partial charge in [0, 0.05) is 19.1 Å². The minimum absolute atomic E-state index is 0.0136. The maximum Gasteiger partial charge on any atom is 0.337 e. The lowest BCUT2D eigenvalue weighted by Gasteiger charge is -2.23. The Bertz CT molecular complexity index is 598. The van der Waals surface area contributed by atoms with Crippen LogP contribution >= 0.6 is 0 Å². The Hall–Kier alpha value is -1.44. The third kappa shape index (κ3) is 3.25. The van der Waals surface area contributed by atoms with Crippen LogP contribution in [-0.4, -0.2) is 52.0 Å². The molecule has 6 nitrogen and oxygen atoms in total. The minimum atomic E-state index is -3.52. The van der Waals surface area contributed by atoms with E-state index in [1.165, 1.54) is 35.7 Å². The molecule has 0 aromatic heterocycles. The predicted molar refractivity (Wildman–Crippen MR) is 78.6 cm³/mol. The molecule has 1 aromatic carbocycles. The summed E-state index contributed by atoms with van der Waals surface area (Å²) in [5.41, 5.74) is 0.338. The summed E-state index contributed by atoms with van der Waals surface area (Å²) in [7, 11) is -0.413. The zero-order valence-electron chi connectivity index (χ0n) is 12.2. The van der Waals surface area contributed by atoms with Gasteiger partial charge in [0.15, 0.2) is 0 Å². The first-order valence-electron chi connectivity index (χ1n) is 6.85. The number of sulfonamides is 1. The van der Waals surface area contributed by atoms with Crippen molar-refractivity contribution in [3.63, 3.8) is 0 Å². The van der Waals surface area contributed by atoms with Gasteiger partial charge in [0.2, 0.25) is 10.0 Å². The summed E-state index contributed by atoms with van der Waals surface area (Å²) in [4.78, 5) is 11.6. The second-order valence-electron chi connectivity index (χ2n) is 4.99. The molecule has 7 heteroatoms. The van der Waals surface area contributed by atoms with Crippen molar-refractivity contribution >= 4 is 16.0 Å². The SMILES string of the molecule is CNCC1CCCN1S(=O)(=O)c1ccc(C(=O)OC)cc1. The Labute approximate surface area is 125 Å². The molecule has 1 aromatic rings. The van der Waals surface area contributed by atoms with E-state index in [1.807, 2.05) is 7.05 Å². The van der Waals surface area contributed by atoms with Crippen molar-refractivity contribution in [2.45, 2.75) is 23.8 Å². The van der Waals surface area contributed by atoms with Crippen LogP contribution in [-0.2, 0) is 14.8 Å². The van der Waals surface area contributed by atoms with E-state index in [0.717, 1.165) is 12.8 Å². The Kier molecular flexibility index (Phi) is 4.97.